The standard InChI is InChI=1S/C25H51NO/c1-3-5-6-7-8-9-10-11-12-13-14-15-16-17-18-19-20-21-22-23-25(27)24(26)4-2/h24H,3-23,26H2,1-2H3. The van der Waals surface area contributed by atoms with E-state index in [2.05, 4.69) is 6.92 Å². The molecule has 0 aromatic heterocycles. The Labute approximate surface area is 171 Å². The van der Waals surface area contributed by atoms with Crippen LogP contribution in [0.3, 0.4) is 0 Å². The molecule has 0 rings (SSSR count). The predicted octanol–water partition coefficient (Wildman–Crippen LogP) is 8.11. The van der Waals surface area contributed by atoms with Crippen molar-refractivity contribution in [2.45, 2.75) is 155 Å². The molecule has 2 N–H and O–H groups in total. The van der Waals surface area contributed by atoms with Crippen LogP contribution in [-0.4, -0.2) is 11.8 Å². The molecule has 1 unspecified atom stereocenters. The second-order valence-corrected chi connectivity index (χ2v) is 8.60. The lowest BCUT2D eigenvalue weighted by Gasteiger charge is -2.07. The smallest absolute Gasteiger partial charge is 0.149 e. The number of Topliss-reactive ketones (excluding diaryl/α,β-unsaturated/α-hetero) is 1. The number of hydrogen-bond acceptors (Lipinski definition) is 2. The van der Waals surface area contributed by atoms with Gasteiger partial charge in [-0.1, -0.05) is 129 Å². The van der Waals surface area contributed by atoms with E-state index in [1.54, 1.807) is 0 Å². The molecule has 2 heteroatoms. The molecule has 0 bridgehead atoms. The Morgan fingerprint density at radius 1 is 0.556 bits per heavy atom. The fourth-order valence-corrected chi connectivity index (χ4v) is 3.79. The molecule has 0 radical (unpaired) electrons. The van der Waals surface area contributed by atoms with E-state index in [1.807, 2.05) is 6.92 Å². The average molecular weight is 382 g/mol. The Kier molecular flexibility index (Phi) is 21.6. The number of ketones is 1. The maximum atomic E-state index is 11.6. The zero-order valence-electron chi connectivity index (χ0n) is 18.9. The molecule has 0 aliphatic rings. The lowest BCUT2D eigenvalue weighted by Crippen LogP contribution is -2.29. The van der Waals surface area contributed by atoms with Crippen molar-refractivity contribution < 1.29 is 4.79 Å². The first-order valence-electron chi connectivity index (χ1n) is 12.5. The molecular weight excluding hydrogens is 330 g/mol. The normalized spacial score (nSPS) is 12.4. The van der Waals surface area contributed by atoms with E-state index in [0.717, 1.165) is 12.8 Å². The molecule has 0 aromatic carbocycles. The molecule has 0 aliphatic heterocycles. The van der Waals surface area contributed by atoms with Crippen molar-refractivity contribution in [2.24, 2.45) is 5.73 Å². The highest BCUT2D eigenvalue weighted by atomic mass is 16.1. The van der Waals surface area contributed by atoms with Crippen LogP contribution in [0.2, 0.25) is 0 Å². The Hall–Kier alpha value is -0.370. The van der Waals surface area contributed by atoms with Gasteiger partial charge in [0.2, 0.25) is 0 Å². The van der Waals surface area contributed by atoms with Gasteiger partial charge >= 0.3 is 0 Å². The van der Waals surface area contributed by atoms with Crippen LogP contribution in [0.1, 0.15) is 149 Å². The zero-order valence-corrected chi connectivity index (χ0v) is 18.9. The Bertz CT molecular complexity index is 303. The molecule has 0 aliphatic carbocycles. The molecule has 0 heterocycles. The largest absolute Gasteiger partial charge is 0.322 e. The molecule has 1 atom stereocenters. The lowest BCUT2D eigenvalue weighted by atomic mass is 10.0. The first-order valence-corrected chi connectivity index (χ1v) is 12.5. The number of carbonyl (C=O) groups excluding carboxylic acids is 1. The highest BCUT2D eigenvalue weighted by Gasteiger charge is 2.09. The van der Waals surface area contributed by atoms with Gasteiger partial charge in [-0.15, -0.1) is 0 Å². The SMILES string of the molecule is CCCCCCCCCCCCCCCCCCCCCC(=O)C(N)CC. The van der Waals surface area contributed by atoms with Gasteiger partial charge in [0.15, 0.2) is 0 Å². The van der Waals surface area contributed by atoms with Gasteiger partial charge in [-0.05, 0) is 12.8 Å². The van der Waals surface area contributed by atoms with Crippen LogP contribution in [0.15, 0.2) is 0 Å². The number of rotatable bonds is 22. The summed E-state index contributed by atoms with van der Waals surface area (Å²) in [6.45, 7) is 4.27. The van der Waals surface area contributed by atoms with Crippen molar-refractivity contribution in [3.63, 3.8) is 0 Å². The average Bonchev–Trinajstić information content (AvgIpc) is 2.68. The third-order valence-corrected chi connectivity index (χ3v) is 5.88. The van der Waals surface area contributed by atoms with Gasteiger partial charge in [0, 0.05) is 6.42 Å². The van der Waals surface area contributed by atoms with Gasteiger partial charge in [-0.25, -0.2) is 0 Å². The van der Waals surface area contributed by atoms with Crippen LogP contribution < -0.4 is 5.73 Å². The minimum Gasteiger partial charge on any atom is -0.322 e. The molecule has 0 amide bonds. The molecule has 0 saturated carbocycles. The number of hydrogen-bond donors (Lipinski definition) is 1. The molecule has 2 nitrogen and oxygen atoms in total. The summed E-state index contributed by atoms with van der Waals surface area (Å²) >= 11 is 0. The minimum absolute atomic E-state index is 0.222. The van der Waals surface area contributed by atoms with Crippen LogP contribution in [0.25, 0.3) is 0 Å². The van der Waals surface area contributed by atoms with Crippen LogP contribution in [0.5, 0.6) is 0 Å². The Morgan fingerprint density at radius 3 is 1.15 bits per heavy atom. The molecule has 0 spiro atoms. The third kappa shape index (κ3) is 20.2. The van der Waals surface area contributed by atoms with Gasteiger partial charge in [-0.3, -0.25) is 4.79 Å². The maximum Gasteiger partial charge on any atom is 0.149 e. The Balaban J connectivity index is 3.08. The number of nitrogens with two attached hydrogens (primary N) is 1. The van der Waals surface area contributed by atoms with Crippen molar-refractivity contribution >= 4 is 5.78 Å². The van der Waals surface area contributed by atoms with E-state index in [0.29, 0.717) is 6.42 Å². The first kappa shape index (κ1) is 26.6. The minimum atomic E-state index is -0.222. The summed E-state index contributed by atoms with van der Waals surface area (Å²) < 4.78 is 0. The second kappa shape index (κ2) is 21.9. The lowest BCUT2D eigenvalue weighted by molar-refractivity contribution is -0.120. The summed E-state index contributed by atoms with van der Waals surface area (Å²) in [6.07, 6.45) is 27.8. The highest BCUT2D eigenvalue weighted by molar-refractivity contribution is 5.83. The molecule has 0 fully saturated rings. The summed E-state index contributed by atoms with van der Waals surface area (Å²) in [5.74, 6) is 0.254. The zero-order chi connectivity index (χ0) is 20.0. The van der Waals surface area contributed by atoms with Crippen LogP contribution in [0.4, 0.5) is 0 Å². The van der Waals surface area contributed by atoms with E-state index in [4.69, 9.17) is 5.73 Å². The predicted molar refractivity (Wildman–Crippen MR) is 121 cm³/mol. The van der Waals surface area contributed by atoms with Gasteiger partial charge in [-0.2, -0.15) is 0 Å². The van der Waals surface area contributed by atoms with E-state index in [9.17, 15) is 4.79 Å². The highest BCUT2D eigenvalue weighted by Crippen LogP contribution is 2.15. The van der Waals surface area contributed by atoms with Crippen LogP contribution in [-0.2, 0) is 4.79 Å². The van der Waals surface area contributed by atoms with E-state index >= 15 is 0 Å². The van der Waals surface area contributed by atoms with Crippen molar-refractivity contribution in [2.75, 3.05) is 0 Å². The monoisotopic (exact) mass is 381 g/mol. The molecular formula is C25H51NO. The second-order valence-electron chi connectivity index (χ2n) is 8.60. The topological polar surface area (TPSA) is 43.1 Å². The van der Waals surface area contributed by atoms with Gasteiger partial charge in [0.25, 0.3) is 0 Å². The summed E-state index contributed by atoms with van der Waals surface area (Å²) in [6, 6.07) is -0.222. The van der Waals surface area contributed by atoms with E-state index < -0.39 is 0 Å². The summed E-state index contributed by atoms with van der Waals surface area (Å²) in [4.78, 5) is 11.6. The quantitative estimate of drug-likeness (QED) is 0.192. The van der Waals surface area contributed by atoms with Crippen molar-refractivity contribution in [3.8, 4) is 0 Å². The van der Waals surface area contributed by atoms with Gasteiger partial charge in [0.05, 0.1) is 6.04 Å². The number of carbonyl (C=O) groups is 1. The molecule has 27 heavy (non-hydrogen) atoms. The molecule has 0 saturated heterocycles. The van der Waals surface area contributed by atoms with Crippen molar-refractivity contribution in [1.29, 1.82) is 0 Å². The molecule has 0 aromatic rings. The summed E-state index contributed by atoms with van der Waals surface area (Å²) in [5, 5.41) is 0. The number of unbranched alkanes of at least 4 members (excludes halogenated alkanes) is 18. The van der Waals surface area contributed by atoms with Crippen molar-refractivity contribution in [3.05, 3.63) is 0 Å². The summed E-state index contributed by atoms with van der Waals surface area (Å²) in [5.41, 5.74) is 5.75. The fraction of sp³-hybridized carbons (Fsp3) is 0.960. The first-order chi connectivity index (χ1) is 13.2. The van der Waals surface area contributed by atoms with E-state index in [-0.39, 0.29) is 11.8 Å². The van der Waals surface area contributed by atoms with Crippen LogP contribution >= 0.6 is 0 Å². The van der Waals surface area contributed by atoms with Crippen molar-refractivity contribution in [1.82, 2.24) is 0 Å². The third-order valence-electron chi connectivity index (χ3n) is 5.88. The van der Waals surface area contributed by atoms with Gasteiger partial charge < -0.3 is 5.73 Å². The van der Waals surface area contributed by atoms with Gasteiger partial charge in [0.1, 0.15) is 5.78 Å². The van der Waals surface area contributed by atoms with E-state index in [1.165, 1.54) is 116 Å². The van der Waals surface area contributed by atoms with Crippen LogP contribution in [0, 0.1) is 0 Å². The molecule has 162 valence electrons. The fourth-order valence-electron chi connectivity index (χ4n) is 3.79. The summed E-state index contributed by atoms with van der Waals surface area (Å²) in [7, 11) is 0. The maximum absolute atomic E-state index is 11.6. The Morgan fingerprint density at radius 2 is 0.852 bits per heavy atom.